The Morgan fingerprint density at radius 1 is 1.41 bits per heavy atom. The first-order chi connectivity index (χ1) is 14.7. The van der Waals surface area contributed by atoms with Crippen molar-refractivity contribution in [3.05, 3.63) is 16.3 Å². The van der Waals surface area contributed by atoms with Gasteiger partial charge in [-0.1, -0.05) is 23.1 Å². The first-order valence-electron chi connectivity index (χ1n) is 9.24. The number of aliphatic imine (C=N–C) groups is 1. The van der Waals surface area contributed by atoms with E-state index in [0.29, 0.717) is 17.1 Å². The van der Waals surface area contributed by atoms with Crippen molar-refractivity contribution in [2.75, 3.05) is 11.5 Å². The zero-order chi connectivity index (χ0) is 22.7. The van der Waals surface area contributed by atoms with Crippen molar-refractivity contribution in [3.63, 3.8) is 0 Å². The van der Waals surface area contributed by atoms with Crippen LogP contribution in [0.2, 0.25) is 0 Å². The number of nitrogens with two attached hydrogens (primary N) is 1. The number of nitrogens with zero attached hydrogens (tertiary/aromatic N) is 4. The predicted octanol–water partition coefficient (Wildman–Crippen LogP) is -3.09. The number of aliphatic carboxylic acids is 2. The Kier molecular flexibility index (Phi) is 10.00. The molecule has 2 aliphatic heterocycles. The molecule has 0 saturated carbocycles. The molecule has 0 aromatic carbocycles. The fraction of sp³-hybridized carbons (Fsp3) is 0.529. The average Bonchev–Trinajstić information content (AvgIpc) is 3.14. The molecule has 15 heteroatoms. The summed E-state index contributed by atoms with van der Waals surface area (Å²) in [7, 11) is 0. The number of hydrogen-bond donors (Lipinski definition) is 3. The molecule has 4 N–H and O–H groups in total. The molecule has 1 fully saturated rings. The fourth-order valence-electron chi connectivity index (χ4n) is 3.06. The minimum Gasteiger partial charge on any atom is -0.862 e. The molecule has 2 aliphatic rings. The van der Waals surface area contributed by atoms with E-state index < -0.39 is 41.2 Å². The summed E-state index contributed by atoms with van der Waals surface area (Å²) in [4.78, 5) is 40.3. The minimum atomic E-state index is -1.20. The number of fused-ring (bicyclic) bond motifs is 1. The number of aromatic nitrogens is 2. The molecular formula is C17H20N5NaO6S3. The topological polar surface area (TPSA) is 182 Å². The molecule has 11 nitrogen and oxygen atoms in total. The molecule has 32 heavy (non-hydrogen) atoms. The van der Waals surface area contributed by atoms with Crippen molar-refractivity contribution in [1.29, 1.82) is 0 Å². The second-order valence-corrected chi connectivity index (χ2v) is 10.4. The molecule has 0 aliphatic carbocycles. The Labute approximate surface area is 218 Å². The molecular weight excluding hydrogens is 489 g/mol. The van der Waals surface area contributed by atoms with E-state index in [1.54, 1.807) is 0 Å². The molecule has 168 valence electrons. The van der Waals surface area contributed by atoms with E-state index in [1.165, 1.54) is 39.8 Å². The van der Waals surface area contributed by atoms with E-state index in [2.05, 4.69) is 15.2 Å². The molecule has 0 spiro atoms. The third-order valence-corrected chi connectivity index (χ3v) is 7.99. The summed E-state index contributed by atoms with van der Waals surface area (Å²) in [5.74, 6) is -2.63. The minimum absolute atomic E-state index is 0. The Morgan fingerprint density at radius 2 is 2.12 bits per heavy atom. The van der Waals surface area contributed by atoms with E-state index in [-0.39, 0.29) is 54.5 Å². The van der Waals surface area contributed by atoms with Crippen molar-refractivity contribution in [2.24, 2.45) is 10.7 Å². The number of carboxylic acid groups (broad SMARTS) is 2. The van der Waals surface area contributed by atoms with Crippen LogP contribution in [-0.4, -0.2) is 78.0 Å². The quantitative estimate of drug-likeness (QED) is 0.0955. The van der Waals surface area contributed by atoms with Gasteiger partial charge >= 0.3 is 41.5 Å². The van der Waals surface area contributed by atoms with Gasteiger partial charge in [-0.25, -0.2) is 4.79 Å². The van der Waals surface area contributed by atoms with E-state index in [9.17, 15) is 24.6 Å². The van der Waals surface area contributed by atoms with Crippen LogP contribution in [0.3, 0.4) is 0 Å². The van der Waals surface area contributed by atoms with Crippen LogP contribution in [0.5, 0.6) is 0 Å². The Hall–Kier alpha value is -1.16. The number of carboxylic acids is 2. The molecule has 0 bridgehead atoms. The van der Waals surface area contributed by atoms with Crippen LogP contribution in [0, 0.1) is 6.92 Å². The Bertz CT molecular complexity index is 955. The summed E-state index contributed by atoms with van der Waals surface area (Å²) < 4.78 is 0.720. The van der Waals surface area contributed by atoms with Gasteiger partial charge in [-0.15, -0.1) is 22.0 Å². The van der Waals surface area contributed by atoms with Gasteiger partial charge in [0.15, 0.2) is 10.4 Å². The van der Waals surface area contributed by atoms with Crippen LogP contribution in [0.1, 0.15) is 24.3 Å². The zero-order valence-corrected chi connectivity index (χ0v) is 21.8. The van der Waals surface area contributed by atoms with Gasteiger partial charge in [0.25, 0.3) is 5.91 Å². The predicted molar refractivity (Wildman–Crippen MR) is 114 cm³/mol. The average molecular weight is 510 g/mol. The summed E-state index contributed by atoms with van der Waals surface area (Å²) in [6.45, 7) is 1.83. The van der Waals surface area contributed by atoms with Gasteiger partial charge in [0, 0.05) is 11.5 Å². The molecule has 1 aromatic rings. The van der Waals surface area contributed by atoms with Crippen molar-refractivity contribution in [2.45, 2.75) is 48.0 Å². The number of β-lactam (4-membered cyclic amide) rings is 1. The Morgan fingerprint density at radius 3 is 2.72 bits per heavy atom. The van der Waals surface area contributed by atoms with Gasteiger partial charge in [-0.2, -0.15) is 0 Å². The molecule has 3 rings (SSSR count). The molecule has 3 atom stereocenters. The fourth-order valence-corrected chi connectivity index (χ4v) is 6.35. The second kappa shape index (κ2) is 11.8. The van der Waals surface area contributed by atoms with E-state index >= 15 is 0 Å². The van der Waals surface area contributed by atoms with Crippen LogP contribution < -0.4 is 40.4 Å². The Balaban J connectivity index is 0.00000363. The number of amides is 1. The summed E-state index contributed by atoms with van der Waals surface area (Å²) >= 11 is 4.14. The first-order valence-corrected chi connectivity index (χ1v) is 12.1. The van der Waals surface area contributed by atoms with Crippen molar-refractivity contribution in [3.8, 4) is 0 Å². The van der Waals surface area contributed by atoms with Crippen LogP contribution in [-0.2, 0) is 14.4 Å². The van der Waals surface area contributed by atoms with Crippen LogP contribution in [0.4, 0.5) is 0 Å². The number of carbonyl (C=O) groups is 3. The molecule has 0 radical (unpaired) electrons. The number of thioether (sulfide) groups is 2. The van der Waals surface area contributed by atoms with E-state index in [0.717, 1.165) is 9.35 Å². The summed E-state index contributed by atoms with van der Waals surface area (Å²) in [6.07, 6.45) is 0.346. The van der Waals surface area contributed by atoms with Gasteiger partial charge in [-0.05, 0) is 37.7 Å². The molecule has 3 heterocycles. The van der Waals surface area contributed by atoms with E-state index in [4.69, 9.17) is 10.8 Å². The number of carbonyl (C=O) groups excluding carboxylic acids is 1. The molecule has 3 unspecified atom stereocenters. The van der Waals surface area contributed by atoms with Gasteiger partial charge in [0.1, 0.15) is 22.1 Å². The van der Waals surface area contributed by atoms with Gasteiger partial charge in [0.2, 0.25) is 0 Å². The largest absolute Gasteiger partial charge is 1.00 e. The SMILES string of the molecule is Cc1nnc(SCC2=C(C(=O)O)N3C(=O)C(N=C([O-])CCCC(N)C(=O)O)C3SC2)s1.[Na+]. The van der Waals surface area contributed by atoms with Gasteiger partial charge < -0.3 is 21.1 Å². The third kappa shape index (κ3) is 6.24. The van der Waals surface area contributed by atoms with E-state index in [1.807, 2.05) is 6.92 Å². The monoisotopic (exact) mass is 509 g/mol. The maximum absolute atomic E-state index is 12.6. The van der Waals surface area contributed by atoms with Crippen molar-refractivity contribution < 1.29 is 59.3 Å². The van der Waals surface area contributed by atoms with Crippen molar-refractivity contribution in [1.82, 2.24) is 15.1 Å². The number of hydrogen-bond acceptors (Lipinski definition) is 11. The van der Waals surface area contributed by atoms with Crippen LogP contribution in [0.15, 0.2) is 20.6 Å². The van der Waals surface area contributed by atoms with Crippen LogP contribution >= 0.6 is 34.9 Å². The third-order valence-electron chi connectivity index (χ3n) is 4.61. The van der Waals surface area contributed by atoms with Gasteiger partial charge in [0.05, 0.1) is 0 Å². The normalized spacial score (nSPS) is 21.5. The summed E-state index contributed by atoms with van der Waals surface area (Å²) in [5, 5.41) is 38.7. The molecule has 1 amide bonds. The first kappa shape index (κ1) is 27.1. The smallest absolute Gasteiger partial charge is 0.862 e. The van der Waals surface area contributed by atoms with Crippen LogP contribution in [0.25, 0.3) is 0 Å². The second-order valence-electron chi connectivity index (χ2n) is 6.85. The number of aryl methyl sites for hydroxylation is 1. The maximum Gasteiger partial charge on any atom is 1.00 e. The molecule has 1 saturated heterocycles. The van der Waals surface area contributed by atoms with Crippen molar-refractivity contribution >= 4 is 58.6 Å². The van der Waals surface area contributed by atoms with Gasteiger partial charge in [-0.3, -0.25) is 19.5 Å². The summed E-state index contributed by atoms with van der Waals surface area (Å²) in [5.41, 5.74) is 5.94. The standard InChI is InChI=1S/C17H21N5O6S3.Na/c1-7-20-21-17(31-7)30-6-8-5-29-14-11(13(24)22(14)12(8)16(27)28)19-10(23)4-2-3-9(18)15(25)26;/h9,11,14H,2-6,18H2,1H3,(H,19,23)(H,25,26)(H,27,28);/q;+1/p-1. The maximum atomic E-state index is 12.6. The summed E-state index contributed by atoms with van der Waals surface area (Å²) in [6, 6.07) is -1.98. The zero-order valence-electron chi connectivity index (χ0n) is 17.4. The number of rotatable bonds is 10. The molecule has 1 aromatic heterocycles.